The van der Waals surface area contributed by atoms with Crippen molar-refractivity contribution in [2.75, 3.05) is 7.05 Å². The molecule has 5 heterocycles. The number of para-hydroxylation sites is 1. The topological polar surface area (TPSA) is 34.0 Å². The van der Waals surface area contributed by atoms with E-state index in [1.54, 1.807) is 0 Å². The summed E-state index contributed by atoms with van der Waals surface area (Å²) in [7, 11) is 3.36. The molecule has 8 rings (SSSR count). The van der Waals surface area contributed by atoms with Crippen LogP contribution in [0.3, 0.4) is 0 Å². The lowest BCUT2D eigenvalue weighted by Gasteiger charge is -2.18. The average molecular weight is 595 g/mol. The summed E-state index contributed by atoms with van der Waals surface area (Å²) < 4.78 is 14.0. The molecule has 2 atom stereocenters. The van der Waals surface area contributed by atoms with Crippen LogP contribution in [0.5, 0.6) is 11.6 Å². The first kappa shape index (κ1) is 26.7. The van der Waals surface area contributed by atoms with E-state index in [1.807, 2.05) is 7.05 Å². The van der Waals surface area contributed by atoms with E-state index in [1.165, 1.54) is 48.3 Å². The van der Waals surface area contributed by atoms with Crippen molar-refractivity contribution >= 4 is 55.9 Å². The maximum atomic E-state index is 6.99. The van der Waals surface area contributed by atoms with E-state index in [4.69, 9.17) is 4.74 Å². The molecule has 2 bridgehead atoms. The van der Waals surface area contributed by atoms with Crippen molar-refractivity contribution in [3.63, 3.8) is 0 Å². The van der Waals surface area contributed by atoms with E-state index in [-0.39, 0.29) is 6.04 Å². The molecule has 0 spiro atoms. The average Bonchev–Trinajstić information content (AvgIpc) is 3.57. The minimum Gasteiger partial charge on any atom is -0.423 e. The van der Waals surface area contributed by atoms with Gasteiger partial charge in [0.15, 0.2) is 0 Å². The summed E-state index contributed by atoms with van der Waals surface area (Å²) in [5.41, 5.74) is 4.81. The smallest absolute Gasteiger partial charge is 0.300 e. The first-order valence-corrected chi connectivity index (χ1v) is 16.6. The molecular weight excluding hydrogens is 559 g/mol. The first-order valence-electron chi connectivity index (χ1n) is 15.3. The molecule has 3 aromatic carbocycles. The maximum Gasteiger partial charge on any atom is 0.300 e. The Morgan fingerprint density at radius 1 is 0.909 bits per heavy atom. The Balaban J connectivity index is 1.50. The quantitative estimate of drug-likeness (QED) is 0.164. The van der Waals surface area contributed by atoms with Gasteiger partial charge in [0.05, 0.1) is 24.1 Å². The van der Waals surface area contributed by atoms with Crippen molar-refractivity contribution in [1.82, 2.24) is 9.88 Å². The zero-order valence-electron chi connectivity index (χ0n) is 25.5. The molecule has 6 heteroatoms. The van der Waals surface area contributed by atoms with Gasteiger partial charge in [-0.2, -0.15) is 9.13 Å². The van der Waals surface area contributed by atoms with Crippen LogP contribution in [0, 0.1) is 0 Å². The Labute approximate surface area is 258 Å². The summed E-state index contributed by atoms with van der Waals surface area (Å²) in [6.45, 7) is 4.40. The summed E-state index contributed by atoms with van der Waals surface area (Å²) in [5.74, 6) is 2.89. The Hall–Kier alpha value is -4.86. The van der Waals surface area contributed by atoms with Gasteiger partial charge in [-0.25, -0.2) is 4.57 Å². The molecular formula is C38H35N4OP+2. The van der Waals surface area contributed by atoms with Crippen molar-refractivity contribution in [2.45, 2.75) is 26.3 Å². The molecule has 2 unspecified atom stereocenters. The largest absolute Gasteiger partial charge is 0.423 e. The van der Waals surface area contributed by atoms with Gasteiger partial charge in [0.25, 0.3) is 11.7 Å². The van der Waals surface area contributed by atoms with Crippen LogP contribution in [-0.4, -0.2) is 11.6 Å². The minimum atomic E-state index is -0.811. The molecule has 4 aromatic heterocycles. The number of nitrogens with one attached hydrogen (secondary N) is 1. The SMILES string of the molecule is CC=CC=C(NC)p1c2ccccc2c2ccc3c(c21)CC(C)[n+]1ccccc1-n1c2ccccc2c2ccc([n+](C)c21)O3. The molecule has 1 aliphatic rings. The highest BCUT2D eigenvalue weighted by Crippen LogP contribution is 2.57. The fraction of sp³-hybridized carbons (Fsp3) is 0.158. The second-order valence-corrected chi connectivity index (χ2v) is 13.6. The number of rotatable bonds is 3. The van der Waals surface area contributed by atoms with Crippen LogP contribution >= 0.6 is 7.53 Å². The van der Waals surface area contributed by atoms with Gasteiger partial charge < -0.3 is 10.1 Å². The van der Waals surface area contributed by atoms with Gasteiger partial charge in [0, 0.05) is 46.8 Å². The third-order valence-corrected chi connectivity index (χ3v) is 11.7. The summed E-state index contributed by atoms with van der Waals surface area (Å²) >= 11 is 0. The predicted octanol–water partition coefficient (Wildman–Crippen LogP) is 8.69. The second-order valence-electron chi connectivity index (χ2n) is 11.6. The van der Waals surface area contributed by atoms with Crippen LogP contribution in [0.4, 0.5) is 0 Å². The molecule has 44 heavy (non-hydrogen) atoms. The molecule has 5 nitrogen and oxygen atoms in total. The molecule has 7 aromatic rings. The van der Waals surface area contributed by atoms with E-state index < -0.39 is 7.53 Å². The van der Waals surface area contributed by atoms with Crippen LogP contribution in [-0.2, 0) is 13.5 Å². The van der Waals surface area contributed by atoms with Gasteiger partial charge in [-0.3, -0.25) is 0 Å². The van der Waals surface area contributed by atoms with Crippen LogP contribution < -0.4 is 19.2 Å². The maximum absolute atomic E-state index is 6.99. The van der Waals surface area contributed by atoms with Gasteiger partial charge in [-0.15, -0.1) is 0 Å². The lowest BCUT2D eigenvalue weighted by Crippen LogP contribution is -2.43. The Bertz CT molecular complexity index is 2320. The first-order chi connectivity index (χ1) is 21.6. The molecule has 0 saturated heterocycles. The number of ether oxygens (including phenoxy) is 1. The fourth-order valence-electron chi connectivity index (χ4n) is 7.07. The Morgan fingerprint density at radius 3 is 2.52 bits per heavy atom. The van der Waals surface area contributed by atoms with Crippen molar-refractivity contribution < 1.29 is 13.9 Å². The highest BCUT2D eigenvalue weighted by Gasteiger charge is 2.31. The summed E-state index contributed by atoms with van der Waals surface area (Å²) in [5, 5.41) is 11.4. The van der Waals surface area contributed by atoms with Gasteiger partial charge in [-0.1, -0.05) is 56.1 Å². The molecule has 216 valence electrons. The van der Waals surface area contributed by atoms with Gasteiger partial charge in [0.1, 0.15) is 17.3 Å². The van der Waals surface area contributed by atoms with Crippen LogP contribution in [0.15, 0.2) is 115 Å². The van der Waals surface area contributed by atoms with E-state index in [0.29, 0.717) is 0 Å². The Morgan fingerprint density at radius 2 is 1.68 bits per heavy atom. The lowest BCUT2D eigenvalue weighted by atomic mass is 10.0. The van der Waals surface area contributed by atoms with Crippen LogP contribution in [0.2, 0.25) is 0 Å². The normalized spacial score (nSPS) is 15.6. The van der Waals surface area contributed by atoms with E-state index >= 15 is 0 Å². The predicted molar refractivity (Wildman–Crippen MR) is 183 cm³/mol. The van der Waals surface area contributed by atoms with Crippen molar-refractivity contribution in [2.24, 2.45) is 7.05 Å². The number of aryl methyl sites for hydroxylation is 1. The Kier molecular flexibility index (Phi) is 6.32. The van der Waals surface area contributed by atoms with Crippen LogP contribution in [0.25, 0.3) is 54.2 Å². The molecule has 1 aliphatic heterocycles. The summed E-state index contributed by atoms with van der Waals surface area (Å²) in [6.07, 6.45) is 9.53. The molecule has 1 N–H and O–H groups in total. The van der Waals surface area contributed by atoms with Gasteiger partial charge in [-0.05, 0) is 73.2 Å². The second kappa shape index (κ2) is 10.4. The van der Waals surface area contributed by atoms with E-state index in [9.17, 15) is 0 Å². The number of pyridine rings is 2. The van der Waals surface area contributed by atoms with Gasteiger partial charge in [0.2, 0.25) is 0 Å². The molecule has 0 aliphatic carbocycles. The number of hydrogen-bond acceptors (Lipinski definition) is 2. The van der Waals surface area contributed by atoms with E-state index in [0.717, 1.165) is 29.5 Å². The number of fused-ring (bicyclic) bond motifs is 11. The number of allylic oxidation sites excluding steroid dienone is 3. The highest BCUT2D eigenvalue weighted by atomic mass is 31.1. The van der Waals surface area contributed by atoms with Crippen molar-refractivity contribution in [3.05, 3.63) is 121 Å². The zero-order valence-corrected chi connectivity index (χ0v) is 26.3. The van der Waals surface area contributed by atoms with E-state index in [2.05, 4.69) is 155 Å². The molecule has 0 amide bonds. The number of hydrogen-bond donors (Lipinski definition) is 1. The summed E-state index contributed by atoms with van der Waals surface area (Å²) in [6, 6.07) is 33.1. The lowest BCUT2D eigenvalue weighted by molar-refractivity contribution is -0.714. The summed E-state index contributed by atoms with van der Waals surface area (Å²) in [4.78, 5) is 0. The number of aromatic nitrogens is 3. The monoisotopic (exact) mass is 594 g/mol. The molecule has 0 saturated carbocycles. The van der Waals surface area contributed by atoms with Crippen molar-refractivity contribution in [1.29, 1.82) is 0 Å². The number of nitrogens with zero attached hydrogens (tertiary/aromatic N) is 3. The standard InChI is InChI=1S/C38H35N4OP/c1-5-6-17-34(39-3)44-33-16-10-8-14-27(33)28-19-21-32-30(37(28)44)24-25(2)41-23-12-11-18-35(41)42-31-15-9-7-13-26(31)29-20-22-36(43-32)40(4)38(29)42/h5-23,25,39H,24H2,1-4H3/q+2. The third kappa shape index (κ3) is 3.86. The van der Waals surface area contributed by atoms with Crippen molar-refractivity contribution in [3.8, 4) is 17.4 Å². The minimum absolute atomic E-state index is 0.163. The molecule has 0 fully saturated rings. The highest BCUT2D eigenvalue weighted by molar-refractivity contribution is 7.70. The third-order valence-electron chi connectivity index (χ3n) is 9.06. The van der Waals surface area contributed by atoms with Crippen LogP contribution in [0.1, 0.15) is 25.5 Å². The van der Waals surface area contributed by atoms with Gasteiger partial charge >= 0.3 is 5.65 Å². The zero-order chi connectivity index (χ0) is 29.9. The molecule has 0 radical (unpaired) electrons. The number of benzene rings is 3. The fourth-order valence-corrected chi connectivity index (χ4v) is 9.85.